The Morgan fingerprint density at radius 3 is 2.94 bits per heavy atom. The standard InChI is InChI=1S/C23H26FN5O2/c24-15-8-9-18-17(13-15)16-5-4-6-19(22(16)29-18)28-21(30)7-2-1-3-10-27-23(31)20-14-25-11-12-26-20/h8-9,11-14,19,29H,1-7,10H2,(H,27,31)(H,28,30)/t19-/m0/s1. The number of hydrogen-bond acceptors (Lipinski definition) is 4. The molecule has 7 nitrogen and oxygen atoms in total. The Balaban J connectivity index is 1.21. The number of carbonyl (C=O) groups is 2. The molecule has 1 aromatic carbocycles. The topological polar surface area (TPSA) is 99.8 Å². The van der Waals surface area contributed by atoms with E-state index in [9.17, 15) is 14.0 Å². The molecule has 1 aliphatic carbocycles. The molecule has 31 heavy (non-hydrogen) atoms. The molecule has 0 unspecified atom stereocenters. The van der Waals surface area contributed by atoms with Crippen LogP contribution in [0.4, 0.5) is 4.39 Å². The Morgan fingerprint density at radius 1 is 1.19 bits per heavy atom. The molecular formula is C23H26FN5O2. The molecule has 0 aliphatic heterocycles. The average Bonchev–Trinajstić information content (AvgIpc) is 3.15. The smallest absolute Gasteiger partial charge is 0.271 e. The zero-order chi connectivity index (χ0) is 21.6. The van der Waals surface area contributed by atoms with Gasteiger partial charge in [-0.2, -0.15) is 0 Å². The number of aromatic nitrogens is 3. The van der Waals surface area contributed by atoms with Gasteiger partial charge in [-0.1, -0.05) is 6.42 Å². The SMILES string of the molecule is O=C(CCCCCNC(=O)c1cnccn1)N[C@H]1CCCc2c1[nH]c1ccc(F)cc21. The van der Waals surface area contributed by atoms with Gasteiger partial charge in [0.15, 0.2) is 0 Å². The van der Waals surface area contributed by atoms with Crippen LogP contribution < -0.4 is 10.6 Å². The lowest BCUT2D eigenvalue weighted by atomic mass is 9.91. The monoisotopic (exact) mass is 423 g/mol. The maximum Gasteiger partial charge on any atom is 0.271 e. The minimum Gasteiger partial charge on any atom is -0.356 e. The molecule has 0 saturated heterocycles. The van der Waals surface area contributed by atoms with Gasteiger partial charge in [0.05, 0.1) is 12.2 Å². The predicted molar refractivity (Wildman–Crippen MR) is 115 cm³/mol. The molecule has 162 valence electrons. The third kappa shape index (κ3) is 5.07. The Hall–Kier alpha value is -3.29. The van der Waals surface area contributed by atoms with Crippen molar-refractivity contribution in [2.45, 2.75) is 51.0 Å². The number of nitrogens with zero attached hydrogens (tertiary/aromatic N) is 2. The Morgan fingerprint density at radius 2 is 2.10 bits per heavy atom. The van der Waals surface area contributed by atoms with Gasteiger partial charge in [-0.15, -0.1) is 0 Å². The van der Waals surface area contributed by atoms with Gasteiger partial charge in [-0.3, -0.25) is 14.6 Å². The van der Waals surface area contributed by atoms with E-state index in [2.05, 4.69) is 25.6 Å². The van der Waals surface area contributed by atoms with Crippen molar-refractivity contribution in [3.05, 3.63) is 59.6 Å². The first-order valence-electron chi connectivity index (χ1n) is 10.8. The molecule has 4 rings (SSSR count). The fourth-order valence-electron chi connectivity index (χ4n) is 4.14. The Kier molecular flexibility index (Phi) is 6.54. The number of hydrogen-bond donors (Lipinski definition) is 3. The molecular weight excluding hydrogens is 397 g/mol. The summed E-state index contributed by atoms with van der Waals surface area (Å²) in [6.07, 6.45) is 10.0. The van der Waals surface area contributed by atoms with Gasteiger partial charge in [0.2, 0.25) is 5.91 Å². The molecule has 0 saturated carbocycles. The quantitative estimate of drug-likeness (QED) is 0.482. The second kappa shape index (κ2) is 9.68. The van der Waals surface area contributed by atoms with Crippen molar-refractivity contribution in [3.63, 3.8) is 0 Å². The van der Waals surface area contributed by atoms with Crippen molar-refractivity contribution in [1.82, 2.24) is 25.6 Å². The molecule has 0 radical (unpaired) electrons. The van der Waals surface area contributed by atoms with Crippen LogP contribution in [0, 0.1) is 5.82 Å². The molecule has 3 aromatic rings. The van der Waals surface area contributed by atoms with Crippen LogP contribution in [0.2, 0.25) is 0 Å². The Labute approximate surface area is 179 Å². The summed E-state index contributed by atoms with van der Waals surface area (Å²) in [7, 11) is 0. The van der Waals surface area contributed by atoms with Crippen LogP contribution in [-0.4, -0.2) is 33.3 Å². The molecule has 1 aliphatic rings. The summed E-state index contributed by atoms with van der Waals surface area (Å²) >= 11 is 0. The number of amides is 2. The maximum atomic E-state index is 13.6. The number of aryl methyl sites for hydroxylation is 1. The predicted octanol–water partition coefficient (Wildman–Crippen LogP) is 3.58. The van der Waals surface area contributed by atoms with Gasteiger partial charge >= 0.3 is 0 Å². The van der Waals surface area contributed by atoms with Crippen LogP contribution in [-0.2, 0) is 11.2 Å². The van der Waals surface area contributed by atoms with Crippen molar-refractivity contribution in [2.75, 3.05) is 6.54 Å². The lowest BCUT2D eigenvalue weighted by Crippen LogP contribution is -2.30. The first kappa shape index (κ1) is 21.0. The number of benzene rings is 1. The van der Waals surface area contributed by atoms with E-state index < -0.39 is 0 Å². The lowest BCUT2D eigenvalue weighted by Gasteiger charge is -2.24. The number of rotatable bonds is 8. The number of halogens is 1. The summed E-state index contributed by atoms with van der Waals surface area (Å²) in [4.78, 5) is 35.5. The van der Waals surface area contributed by atoms with Crippen LogP contribution in [0.1, 0.15) is 66.3 Å². The molecule has 0 spiro atoms. The largest absolute Gasteiger partial charge is 0.356 e. The summed E-state index contributed by atoms with van der Waals surface area (Å²) in [6.45, 7) is 0.536. The fraction of sp³-hybridized carbons (Fsp3) is 0.391. The van der Waals surface area contributed by atoms with Gasteiger partial charge < -0.3 is 15.6 Å². The minimum atomic E-state index is -0.242. The normalized spacial score (nSPS) is 15.5. The zero-order valence-electron chi connectivity index (χ0n) is 17.3. The second-order valence-electron chi connectivity index (χ2n) is 7.88. The van der Waals surface area contributed by atoms with E-state index >= 15 is 0 Å². The maximum absolute atomic E-state index is 13.6. The summed E-state index contributed by atoms with van der Waals surface area (Å²) in [6, 6.07) is 4.72. The van der Waals surface area contributed by atoms with Crippen LogP contribution in [0.3, 0.4) is 0 Å². The third-order valence-electron chi connectivity index (χ3n) is 5.67. The van der Waals surface area contributed by atoms with Crippen LogP contribution >= 0.6 is 0 Å². The van der Waals surface area contributed by atoms with Crippen LogP contribution in [0.25, 0.3) is 10.9 Å². The van der Waals surface area contributed by atoms with Crippen LogP contribution in [0.5, 0.6) is 0 Å². The average molecular weight is 423 g/mol. The summed E-state index contributed by atoms with van der Waals surface area (Å²) in [5.41, 5.74) is 3.33. The van der Waals surface area contributed by atoms with Gasteiger partial charge in [0.1, 0.15) is 11.5 Å². The molecule has 1 atom stereocenters. The van der Waals surface area contributed by atoms with Crippen molar-refractivity contribution in [2.24, 2.45) is 0 Å². The minimum absolute atomic E-state index is 0.0197. The van der Waals surface area contributed by atoms with E-state index in [-0.39, 0.29) is 23.7 Å². The first-order chi connectivity index (χ1) is 15.1. The van der Waals surface area contributed by atoms with Gasteiger partial charge in [0.25, 0.3) is 5.91 Å². The second-order valence-corrected chi connectivity index (χ2v) is 7.88. The van der Waals surface area contributed by atoms with E-state index in [1.165, 1.54) is 24.7 Å². The third-order valence-corrected chi connectivity index (χ3v) is 5.67. The van der Waals surface area contributed by atoms with E-state index in [0.717, 1.165) is 60.7 Å². The highest BCUT2D eigenvalue weighted by Gasteiger charge is 2.25. The molecule has 3 N–H and O–H groups in total. The number of fused-ring (bicyclic) bond motifs is 3. The molecule has 2 aromatic heterocycles. The highest BCUT2D eigenvalue weighted by Crippen LogP contribution is 2.35. The van der Waals surface area contributed by atoms with Gasteiger partial charge in [-0.25, -0.2) is 9.37 Å². The highest BCUT2D eigenvalue weighted by molar-refractivity contribution is 5.91. The number of nitrogens with one attached hydrogen (secondary N) is 3. The highest BCUT2D eigenvalue weighted by atomic mass is 19.1. The van der Waals surface area contributed by atoms with Crippen molar-refractivity contribution in [3.8, 4) is 0 Å². The summed E-state index contributed by atoms with van der Waals surface area (Å²) < 4.78 is 13.6. The molecule has 2 heterocycles. The van der Waals surface area contributed by atoms with E-state index in [1.807, 2.05) is 0 Å². The van der Waals surface area contributed by atoms with Crippen molar-refractivity contribution < 1.29 is 14.0 Å². The van der Waals surface area contributed by atoms with Crippen LogP contribution in [0.15, 0.2) is 36.8 Å². The number of unbranched alkanes of at least 4 members (excludes halogenated alkanes) is 2. The number of H-pyrrole nitrogens is 1. The number of carbonyl (C=O) groups excluding carboxylic acids is 2. The van der Waals surface area contributed by atoms with Gasteiger partial charge in [0, 0.05) is 42.0 Å². The summed E-state index contributed by atoms with van der Waals surface area (Å²) in [5.74, 6) is -0.461. The lowest BCUT2D eigenvalue weighted by molar-refractivity contribution is -0.122. The van der Waals surface area contributed by atoms with Crippen molar-refractivity contribution >= 4 is 22.7 Å². The van der Waals surface area contributed by atoms with E-state index in [0.29, 0.717) is 18.7 Å². The van der Waals surface area contributed by atoms with E-state index in [4.69, 9.17) is 0 Å². The fourth-order valence-corrected chi connectivity index (χ4v) is 4.14. The number of aromatic amines is 1. The molecule has 2 amide bonds. The molecule has 0 fully saturated rings. The summed E-state index contributed by atoms with van der Waals surface area (Å²) in [5, 5.41) is 6.85. The molecule has 8 heteroatoms. The van der Waals surface area contributed by atoms with Gasteiger partial charge in [-0.05, 0) is 55.9 Å². The Bertz CT molecular complexity index is 1070. The van der Waals surface area contributed by atoms with Crippen molar-refractivity contribution in [1.29, 1.82) is 0 Å². The van der Waals surface area contributed by atoms with E-state index in [1.54, 1.807) is 12.1 Å². The zero-order valence-corrected chi connectivity index (χ0v) is 17.3. The first-order valence-corrected chi connectivity index (χ1v) is 10.8. The molecule has 0 bridgehead atoms.